The molecule has 2 aliphatic rings. The first-order valence-electron chi connectivity index (χ1n) is 7.71. The molecule has 4 nitrogen and oxygen atoms in total. The molecule has 2 aromatic heterocycles. The molecule has 0 bridgehead atoms. The molecule has 4 heterocycles. The van der Waals surface area contributed by atoms with E-state index in [2.05, 4.69) is 43.9 Å². The van der Waals surface area contributed by atoms with Crippen molar-refractivity contribution in [2.24, 2.45) is 18.9 Å². The topological polar surface area (TPSA) is 24.3 Å². The quantitative estimate of drug-likeness (QED) is 0.864. The summed E-state index contributed by atoms with van der Waals surface area (Å²) < 4.78 is 2.14. The van der Waals surface area contributed by atoms with Gasteiger partial charge in [-0.1, -0.05) is 6.07 Å². The van der Waals surface area contributed by atoms with E-state index in [1.807, 2.05) is 23.7 Å². The van der Waals surface area contributed by atoms with E-state index in [-0.39, 0.29) is 0 Å². The van der Waals surface area contributed by atoms with E-state index >= 15 is 0 Å². The third-order valence-electron chi connectivity index (χ3n) is 4.88. The third kappa shape index (κ3) is 2.78. The zero-order chi connectivity index (χ0) is 14.2. The molecule has 0 spiro atoms. The number of fused-ring (bicyclic) bond motifs is 1. The molecule has 0 amide bonds. The molecule has 0 radical (unpaired) electrons. The van der Waals surface area contributed by atoms with Crippen molar-refractivity contribution in [3.05, 3.63) is 40.6 Å². The highest BCUT2D eigenvalue weighted by Crippen LogP contribution is 2.32. The van der Waals surface area contributed by atoms with Gasteiger partial charge in [0.2, 0.25) is 0 Å². The molecule has 2 aliphatic heterocycles. The number of rotatable bonds is 4. The molecule has 0 N–H and O–H groups in total. The number of thiophene rings is 1. The van der Waals surface area contributed by atoms with Crippen LogP contribution in [0.4, 0.5) is 0 Å². The number of aromatic nitrogens is 2. The molecule has 0 aromatic carbocycles. The average Bonchev–Trinajstić information content (AvgIpc) is 3.18. The fourth-order valence-corrected chi connectivity index (χ4v) is 4.56. The van der Waals surface area contributed by atoms with Gasteiger partial charge in [-0.2, -0.15) is 0 Å². The van der Waals surface area contributed by atoms with Crippen LogP contribution < -0.4 is 0 Å². The summed E-state index contributed by atoms with van der Waals surface area (Å²) in [6.07, 6.45) is 3.93. The summed E-state index contributed by atoms with van der Waals surface area (Å²) in [4.78, 5) is 11.2. The first-order chi connectivity index (χ1) is 10.3. The van der Waals surface area contributed by atoms with Gasteiger partial charge in [0.1, 0.15) is 5.82 Å². The molecule has 5 heteroatoms. The lowest BCUT2D eigenvalue weighted by Gasteiger charge is -2.20. The van der Waals surface area contributed by atoms with Gasteiger partial charge in [0.15, 0.2) is 0 Å². The van der Waals surface area contributed by atoms with E-state index in [4.69, 9.17) is 0 Å². The minimum atomic E-state index is 0.852. The van der Waals surface area contributed by atoms with Crippen LogP contribution in [0.2, 0.25) is 0 Å². The number of hydrogen-bond acceptors (Lipinski definition) is 4. The van der Waals surface area contributed by atoms with Gasteiger partial charge in [-0.25, -0.2) is 4.98 Å². The van der Waals surface area contributed by atoms with E-state index in [9.17, 15) is 0 Å². The molecular formula is C16H22N4S. The smallest absolute Gasteiger partial charge is 0.122 e. The van der Waals surface area contributed by atoms with Crippen molar-refractivity contribution in [3.8, 4) is 0 Å². The highest BCUT2D eigenvalue weighted by Gasteiger charge is 2.39. The van der Waals surface area contributed by atoms with Crippen molar-refractivity contribution in [2.75, 3.05) is 26.2 Å². The Bertz CT molecular complexity index is 577. The molecule has 2 aromatic rings. The van der Waals surface area contributed by atoms with Crippen molar-refractivity contribution >= 4 is 11.3 Å². The van der Waals surface area contributed by atoms with Crippen LogP contribution in [0, 0.1) is 11.8 Å². The number of imidazole rings is 1. The van der Waals surface area contributed by atoms with Crippen LogP contribution in [0.15, 0.2) is 29.9 Å². The number of nitrogens with zero attached hydrogens (tertiary/aromatic N) is 4. The van der Waals surface area contributed by atoms with Crippen LogP contribution in [0.3, 0.4) is 0 Å². The minimum Gasteiger partial charge on any atom is -0.337 e. The van der Waals surface area contributed by atoms with E-state index in [0.29, 0.717) is 0 Å². The molecule has 2 atom stereocenters. The second-order valence-electron chi connectivity index (χ2n) is 6.44. The van der Waals surface area contributed by atoms with Crippen LogP contribution >= 0.6 is 11.3 Å². The molecule has 2 fully saturated rings. The Balaban J connectivity index is 1.32. The zero-order valence-corrected chi connectivity index (χ0v) is 13.3. The minimum absolute atomic E-state index is 0.852. The van der Waals surface area contributed by atoms with Gasteiger partial charge >= 0.3 is 0 Å². The second kappa shape index (κ2) is 5.55. The summed E-state index contributed by atoms with van der Waals surface area (Å²) in [5.41, 5.74) is 0. The maximum absolute atomic E-state index is 4.45. The van der Waals surface area contributed by atoms with Crippen LogP contribution in [0.1, 0.15) is 10.7 Å². The first kappa shape index (κ1) is 13.5. The monoisotopic (exact) mass is 302 g/mol. The highest BCUT2D eigenvalue weighted by molar-refractivity contribution is 7.09. The average molecular weight is 302 g/mol. The van der Waals surface area contributed by atoms with E-state index < -0.39 is 0 Å². The number of aryl methyl sites for hydroxylation is 1. The molecular weight excluding hydrogens is 280 g/mol. The Morgan fingerprint density at radius 1 is 1.14 bits per heavy atom. The maximum atomic E-state index is 4.45. The Morgan fingerprint density at radius 3 is 2.43 bits per heavy atom. The highest BCUT2D eigenvalue weighted by atomic mass is 32.1. The summed E-state index contributed by atoms with van der Waals surface area (Å²) in [7, 11) is 2.09. The predicted octanol–water partition coefficient (Wildman–Crippen LogP) is 2.05. The van der Waals surface area contributed by atoms with E-state index in [0.717, 1.165) is 24.9 Å². The van der Waals surface area contributed by atoms with Gasteiger partial charge in [-0.05, 0) is 23.3 Å². The molecule has 0 saturated carbocycles. The third-order valence-corrected chi connectivity index (χ3v) is 5.74. The summed E-state index contributed by atoms with van der Waals surface area (Å²) in [6, 6.07) is 4.41. The Hall–Kier alpha value is -1.17. The number of hydrogen-bond donors (Lipinski definition) is 0. The van der Waals surface area contributed by atoms with E-state index in [1.165, 1.54) is 36.9 Å². The first-order valence-corrected chi connectivity index (χ1v) is 8.59. The van der Waals surface area contributed by atoms with E-state index in [1.54, 1.807) is 0 Å². The summed E-state index contributed by atoms with van der Waals surface area (Å²) in [5.74, 6) is 2.89. The van der Waals surface area contributed by atoms with Crippen molar-refractivity contribution in [2.45, 2.75) is 13.1 Å². The Kier molecular flexibility index (Phi) is 3.57. The van der Waals surface area contributed by atoms with Crippen LogP contribution in [0.25, 0.3) is 0 Å². The van der Waals surface area contributed by atoms with Crippen LogP contribution in [-0.4, -0.2) is 45.5 Å². The molecule has 2 saturated heterocycles. The van der Waals surface area contributed by atoms with Gasteiger partial charge in [-0.15, -0.1) is 11.3 Å². The largest absolute Gasteiger partial charge is 0.337 e. The predicted molar refractivity (Wildman–Crippen MR) is 85.1 cm³/mol. The lowest BCUT2D eigenvalue weighted by molar-refractivity contribution is 0.243. The number of likely N-dealkylation sites (tertiary alicyclic amines) is 2. The standard InChI is InChI=1S/C16H22N4S/c1-18-5-4-17-16(18)12-20-9-13-7-19(8-14(13)10-20)11-15-3-2-6-21-15/h2-6,13-14H,7-12H2,1H3/t13-,14+. The van der Waals surface area contributed by atoms with Gasteiger partial charge in [0.05, 0.1) is 6.54 Å². The summed E-state index contributed by atoms with van der Waals surface area (Å²) in [6.45, 7) is 7.14. The molecule has 21 heavy (non-hydrogen) atoms. The van der Waals surface area contributed by atoms with Crippen molar-refractivity contribution in [1.29, 1.82) is 0 Å². The van der Waals surface area contributed by atoms with Gasteiger partial charge in [0.25, 0.3) is 0 Å². The van der Waals surface area contributed by atoms with Crippen LogP contribution in [-0.2, 0) is 20.1 Å². The Morgan fingerprint density at radius 2 is 1.86 bits per heavy atom. The molecule has 4 rings (SSSR count). The van der Waals surface area contributed by atoms with Gasteiger partial charge in [0, 0.05) is 57.0 Å². The molecule has 112 valence electrons. The van der Waals surface area contributed by atoms with Crippen molar-refractivity contribution in [3.63, 3.8) is 0 Å². The summed E-state index contributed by atoms with van der Waals surface area (Å²) >= 11 is 1.88. The second-order valence-corrected chi connectivity index (χ2v) is 7.47. The maximum Gasteiger partial charge on any atom is 0.122 e. The van der Waals surface area contributed by atoms with Gasteiger partial charge < -0.3 is 4.57 Å². The van der Waals surface area contributed by atoms with Gasteiger partial charge in [-0.3, -0.25) is 9.80 Å². The lowest BCUT2D eigenvalue weighted by atomic mass is 10.0. The SMILES string of the molecule is Cn1ccnc1CN1C[C@H]2CN(Cc3cccs3)C[C@H]2C1. The molecule has 0 unspecified atom stereocenters. The van der Waals surface area contributed by atoms with Crippen LogP contribution in [0.5, 0.6) is 0 Å². The lowest BCUT2D eigenvalue weighted by Crippen LogP contribution is -2.29. The molecule has 0 aliphatic carbocycles. The normalized spacial score (nSPS) is 26.5. The van der Waals surface area contributed by atoms with Crippen molar-refractivity contribution in [1.82, 2.24) is 19.4 Å². The Labute approximate surface area is 130 Å². The fraction of sp³-hybridized carbons (Fsp3) is 0.562. The summed E-state index contributed by atoms with van der Waals surface area (Å²) in [5, 5.41) is 2.18. The fourth-order valence-electron chi connectivity index (χ4n) is 3.82. The zero-order valence-electron chi connectivity index (χ0n) is 12.5. The van der Waals surface area contributed by atoms with Crippen molar-refractivity contribution < 1.29 is 0 Å².